The number of nitrogens with one attached hydrogen (secondary N) is 2. The maximum atomic E-state index is 12.2. The van der Waals surface area contributed by atoms with E-state index in [1.165, 1.54) is 5.56 Å². The van der Waals surface area contributed by atoms with Crippen LogP contribution >= 0.6 is 0 Å². The standard InChI is InChI=1S/C19H21N5O/c25-19-15-5-1-2-6-16(15)22-18(23-19)7-10-24-11-9-21-13-17(24)14-4-3-8-20-12-14/h1-6,8,12,17,21H,7,9-11,13H2,(H,22,23,25). The van der Waals surface area contributed by atoms with E-state index in [4.69, 9.17) is 0 Å². The molecule has 6 nitrogen and oxygen atoms in total. The lowest BCUT2D eigenvalue weighted by Crippen LogP contribution is -2.46. The predicted octanol–water partition coefficient (Wildman–Crippen LogP) is 1.51. The van der Waals surface area contributed by atoms with Crippen LogP contribution in [0, 0.1) is 0 Å². The molecule has 1 saturated heterocycles. The second kappa shape index (κ2) is 7.13. The molecule has 1 aliphatic heterocycles. The first kappa shape index (κ1) is 15.9. The van der Waals surface area contributed by atoms with Crippen molar-refractivity contribution >= 4 is 10.9 Å². The monoisotopic (exact) mass is 335 g/mol. The first-order valence-corrected chi connectivity index (χ1v) is 8.64. The highest BCUT2D eigenvalue weighted by Crippen LogP contribution is 2.21. The number of hydrogen-bond donors (Lipinski definition) is 2. The molecule has 1 fully saturated rings. The van der Waals surface area contributed by atoms with Crippen LogP contribution in [0.4, 0.5) is 0 Å². The normalized spacial score (nSPS) is 18.5. The SMILES string of the molecule is O=c1[nH]c(CCN2CCNCC2c2cccnc2)nc2ccccc12. The molecular formula is C19H21N5O. The van der Waals surface area contributed by atoms with Crippen LogP contribution in [0.15, 0.2) is 53.6 Å². The molecule has 0 radical (unpaired) electrons. The molecule has 2 N–H and O–H groups in total. The molecule has 2 aromatic heterocycles. The number of fused-ring (bicyclic) bond motifs is 1. The summed E-state index contributed by atoms with van der Waals surface area (Å²) in [4.78, 5) is 26.4. The lowest BCUT2D eigenvalue weighted by molar-refractivity contribution is 0.163. The van der Waals surface area contributed by atoms with E-state index in [1.54, 1.807) is 12.3 Å². The summed E-state index contributed by atoms with van der Waals surface area (Å²) >= 11 is 0. The number of aromatic amines is 1. The molecular weight excluding hydrogens is 314 g/mol. The second-order valence-corrected chi connectivity index (χ2v) is 6.32. The van der Waals surface area contributed by atoms with E-state index >= 15 is 0 Å². The quantitative estimate of drug-likeness (QED) is 0.756. The largest absolute Gasteiger partial charge is 0.314 e. The number of hydrogen-bond acceptors (Lipinski definition) is 5. The topological polar surface area (TPSA) is 73.9 Å². The summed E-state index contributed by atoms with van der Waals surface area (Å²) < 4.78 is 0. The minimum atomic E-state index is -0.0651. The molecule has 0 spiro atoms. The van der Waals surface area contributed by atoms with Crippen molar-refractivity contribution in [2.45, 2.75) is 12.5 Å². The average molecular weight is 335 g/mol. The van der Waals surface area contributed by atoms with Gasteiger partial charge in [0.25, 0.3) is 5.56 Å². The van der Waals surface area contributed by atoms with Gasteiger partial charge in [-0.25, -0.2) is 4.98 Å². The first-order chi connectivity index (χ1) is 12.3. The van der Waals surface area contributed by atoms with Crippen LogP contribution in [0.3, 0.4) is 0 Å². The Kier molecular flexibility index (Phi) is 4.54. The Balaban J connectivity index is 1.52. The summed E-state index contributed by atoms with van der Waals surface area (Å²) in [5, 5.41) is 4.09. The van der Waals surface area contributed by atoms with E-state index in [1.807, 2.05) is 30.5 Å². The van der Waals surface area contributed by atoms with E-state index < -0.39 is 0 Å². The second-order valence-electron chi connectivity index (χ2n) is 6.32. The number of piperazine rings is 1. The van der Waals surface area contributed by atoms with E-state index in [0.717, 1.165) is 43.9 Å². The summed E-state index contributed by atoms with van der Waals surface area (Å²) in [7, 11) is 0. The molecule has 1 aliphatic rings. The third-order valence-electron chi connectivity index (χ3n) is 4.72. The smallest absolute Gasteiger partial charge is 0.258 e. The molecule has 0 amide bonds. The van der Waals surface area contributed by atoms with Gasteiger partial charge < -0.3 is 10.3 Å². The van der Waals surface area contributed by atoms with Gasteiger partial charge >= 0.3 is 0 Å². The van der Waals surface area contributed by atoms with Gasteiger partial charge in [0.15, 0.2) is 0 Å². The van der Waals surface area contributed by atoms with Gasteiger partial charge in [-0.3, -0.25) is 14.7 Å². The lowest BCUT2D eigenvalue weighted by atomic mass is 10.1. The molecule has 1 atom stereocenters. The average Bonchev–Trinajstić information content (AvgIpc) is 2.67. The molecule has 6 heteroatoms. The first-order valence-electron chi connectivity index (χ1n) is 8.64. The molecule has 3 aromatic rings. The zero-order chi connectivity index (χ0) is 17.1. The highest BCUT2D eigenvalue weighted by molar-refractivity contribution is 5.77. The van der Waals surface area contributed by atoms with Crippen LogP contribution in [0.5, 0.6) is 0 Å². The number of nitrogens with zero attached hydrogens (tertiary/aromatic N) is 3. The molecule has 128 valence electrons. The van der Waals surface area contributed by atoms with E-state index in [9.17, 15) is 4.79 Å². The van der Waals surface area contributed by atoms with E-state index in [0.29, 0.717) is 11.4 Å². The summed E-state index contributed by atoms with van der Waals surface area (Å²) in [5.41, 5.74) is 1.91. The fraction of sp³-hybridized carbons (Fsp3) is 0.316. The van der Waals surface area contributed by atoms with Crippen molar-refractivity contribution in [3.8, 4) is 0 Å². The molecule has 0 bridgehead atoms. The number of pyridine rings is 1. The van der Waals surface area contributed by atoms with Crippen LogP contribution in [-0.2, 0) is 6.42 Å². The number of para-hydroxylation sites is 1. The van der Waals surface area contributed by atoms with Crippen LogP contribution in [-0.4, -0.2) is 46.0 Å². The summed E-state index contributed by atoms with van der Waals surface area (Å²) in [6.07, 6.45) is 4.45. The summed E-state index contributed by atoms with van der Waals surface area (Å²) in [6, 6.07) is 11.9. The molecule has 4 rings (SSSR count). The van der Waals surface area contributed by atoms with E-state index in [-0.39, 0.29) is 5.56 Å². The van der Waals surface area contributed by atoms with Crippen LogP contribution in [0.25, 0.3) is 10.9 Å². The molecule has 1 aromatic carbocycles. The number of aromatic nitrogens is 3. The zero-order valence-electron chi connectivity index (χ0n) is 14.0. The van der Waals surface area contributed by atoms with Gasteiger partial charge in [-0.05, 0) is 23.8 Å². The molecule has 0 aliphatic carbocycles. The zero-order valence-corrected chi connectivity index (χ0v) is 14.0. The van der Waals surface area contributed by atoms with Crippen molar-refractivity contribution in [1.29, 1.82) is 0 Å². The van der Waals surface area contributed by atoms with Gasteiger partial charge in [-0.15, -0.1) is 0 Å². The Bertz CT molecular complexity index is 908. The van der Waals surface area contributed by atoms with Crippen molar-refractivity contribution in [3.05, 3.63) is 70.5 Å². The Hall–Kier alpha value is -2.57. The van der Waals surface area contributed by atoms with Gasteiger partial charge in [0.05, 0.1) is 10.9 Å². The Morgan fingerprint density at radius 2 is 2.12 bits per heavy atom. The summed E-state index contributed by atoms with van der Waals surface area (Å²) in [6.45, 7) is 3.70. The van der Waals surface area contributed by atoms with Gasteiger partial charge in [0, 0.05) is 51.0 Å². The summed E-state index contributed by atoms with van der Waals surface area (Å²) in [5.74, 6) is 0.743. The molecule has 3 heterocycles. The minimum absolute atomic E-state index is 0.0651. The van der Waals surface area contributed by atoms with Crippen molar-refractivity contribution in [2.75, 3.05) is 26.2 Å². The predicted molar refractivity (Wildman–Crippen MR) is 97.5 cm³/mol. The Morgan fingerprint density at radius 3 is 3.00 bits per heavy atom. The highest BCUT2D eigenvalue weighted by Gasteiger charge is 2.23. The third kappa shape index (κ3) is 3.45. The van der Waals surface area contributed by atoms with Crippen molar-refractivity contribution in [3.63, 3.8) is 0 Å². The van der Waals surface area contributed by atoms with Gasteiger partial charge in [-0.1, -0.05) is 18.2 Å². The number of rotatable bonds is 4. The third-order valence-corrected chi connectivity index (χ3v) is 4.72. The maximum Gasteiger partial charge on any atom is 0.258 e. The molecule has 25 heavy (non-hydrogen) atoms. The van der Waals surface area contributed by atoms with Crippen molar-refractivity contribution in [2.24, 2.45) is 0 Å². The highest BCUT2D eigenvalue weighted by atomic mass is 16.1. The van der Waals surface area contributed by atoms with Gasteiger partial charge in [0.1, 0.15) is 5.82 Å². The van der Waals surface area contributed by atoms with Crippen molar-refractivity contribution < 1.29 is 0 Å². The fourth-order valence-electron chi connectivity index (χ4n) is 3.42. The Morgan fingerprint density at radius 1 is 1.20 bits per heavy atom. The van der Waals surface area contributed by atoms with Gasteiger partial charge in [0.2, 0.25) is 0 Å². The van der Waals surface area contributed by atoms with Gasteiger partial charge in [-0.2, -0.15) is 0 Å². The van der Waals surface area contributed by atoms with Crippen LogP contribution in [0.2, 0.25) is 0 Å². The maximum absolute atomic E-state index is 12.2. The Labute approximate surface area is 145 Å². The minimum Gasteiger partial charge on any atom is -0.314 e. The number of H-pyrrole nitrogens is 1. The van der Waals surface area contributed by atoms with Crippen LogP contribution < -0.4 is 10.9 Å². The lowest BCUT2D eigenvalue weighted by Gasteiger charge is -2.36. The molecule has 0 saturated carbocycles. The van der Waals surface area contributed by atoms with Crippen LogP contribution in [0.1, 0.15) is 17.4 Å². The fourth-order valence-corrected chi connectivity index (χ4v) is 3.42. The van der Waals surface area contributed by atoms with E-state index in [2.05, 4.69) is 31.2 Å². The number of benzene rings is 1. The molecule has 1 unspecified atom stereocenters. The van der Waals surface area contributed by atoms with Crippen molar-refractivity contribution in [1.82, 2.24) is 25.2 Å².